The van der Waals surface area contributed by atoms with Gasteiger partial charge in [-0.2, -0.15) is 4.31 Å². The maximum absolute atomic E-state index is 13.1. The molecule has 1 unspecified atom stereocenters. The molecular formula is C21H22ClN3O5S2. The molecule has 1 saturated heterocycles. The summed E-state index contributed by atoms with van der Waals surface area (Å²) in [4.78, 5) is 17.5. The number of anilines is 1. The van der Waals surface area contributed by atoms with Gasteiger partial charge in [0.05, 0.1) is 34.8 Å². The lowest BCUT2D eigenvalue weighted by atomic mass is 9.99. The number of methoxy groups -OCH3 is 2. The average molecular weight is 496 g/mol. The van der Waals surface area contributed by atoms with Gasteiger partial charge in [-0.3, -0.25) is 4.79 Å². The van der Waals surface area contributed by atoms with Crippen LogP contribution in [0.25, 0.3) is 10.2 Å². The van der Waals surface area contributed by atoms with E-state index in [4.69, 9.17) is 21.1 Å². The van der Waals surface area contributed by atoms with E-state index in [0.717, 1.165) is 0 Å². The Hall–Kier alpha value is -2.40. The van der Waals surface area contributed by atoms with Crippen LogP contribution in [0.1, 0.15) is 12.8 Å². The van der Waals surface area contributed by atoms with Crippen molar-refractivity contribution in [2.75, 3.05) is 32.6 Å². The van der Waals surface area contributed by atoms with E-state index in [9.17, 15) is 13.2 Å². The molecule has 1 aliphatic heterocycles. The Morgan fingerprint density at radius 1 is 1.19 bits per heavy atom. The molecule has 2 aromatic carbocycles. The smallest absolute Gasteiger partial charge is 0.243 e. The zero-order chi connectivity index (χ0) is 22.9. The summed E-state index contributed by atoms with van der Waals surface area (Å²) in [6.07, 6.45) is 1.18. The number of piperidine rings is 1. The number of carbonyl (C=O) groups is 1. The molecule has 1 atom stereocenters. The molecule has 0 saturated carbocycles. The molecule has 1 N–H and O–H groups in total. The second-order valence-corrected chi connectivity index (χ2v) is 10.7. The second-order valence-electron chi connectivity index (χ2n) is 7.31. The number of fused-ring (bicyclic) bond motifs is 1. The van der Waals surface area contributed by atoms with Crippen LogP contribution in [0.5, 0.6) is 11.5 Å². The van der Waals surface area contributed by atoms with Gasteiger partial charge in [0, 0.05) is 13.1 Å². The van der Waals surface area contributed by atoms with Gasteiger partial charge in [0.15, 0.2) is 5.13 Å². The van der Waals surface area contributed by atoms with E-state index >= 15 is 0 Å². The highest BCUT2D eigenvalue weighted by Crippen LogP contribution is 2.37. The lowest BCUT2D eigenvalue weighted by molar-refractivity contribution is -0.120. The van der Waals surface area contributed by atoms with E-state index in [1.807, 2.05) is 0 Å². The van der Waals surface area contributed by atoms with Gasteiger partial charge in [0.1, 0.15) is 17.0 Å². The highest BCUT2D eigenvalue weighted by atomic mass is 35.5. The molecule has 1 aliphatic rings. The number of amides is 1. The fourth-order valence-corrected chi connectivity index (χ4v) is 6.33. The van der Waals surface area contributed by atoms with Gasteiger partial charge in [-0.05, 0) is 49.2 Å². The normalized spacial score (nSPS) is 17.3. The summed E-state index contributed by atoms with van der Waals surface area (Å²) in [5.74, 6) is 0.387. The second kappa shape index (κ2) is 9.22. The molecule has 32 heavy (non-hydrogen) atoms. The first-order chi connectivity index (χ1) is 15.3. The molecule has 4 rings (SSSR count). The van der Waals surface area contributed by atoms with Crippen LogP contribution in [-0.2, 0) is 14.8 Å². The average Bonchev–Trinajstić information content (AvgIpc) is 3.24. The minimum absolute atomic E-state index is 0.106. The quantitative estimate of drug-likeness (QED) is 0.555. The van der Waals surface area contributed by atoms with E-state index in [1.54, 1.807) is 31.4 Å². The summed E-state index contributed by atoms with van der Waals surface area (Å²) < 4.78 is 38.6. The molecule has 8 nitrogen and oxygen atoms in total. The first-order valence-electron chi connectivity index (χ1n) is 9.91. The highest BCUT2D eigenvalue weighted by molar-refractivity contribution is 7.89. The van der Waals surface area contributed by atoms with Gasteiger partial charge in [-0.15, -0.1) is 0 Å². The SMILES string of the molecule is COc1ccc(S(=O)(=O)N2CCCC(C(=O)Nc3nc4c(OC)ccc(Cl)c4s3)C2)cc1. The molecule has 2 heterocycles. The van der Waals surface area contributed by atoms with Crippen molar-refractivity contribution in [1.82, 2.24) is 9.29 Å². The summed E-state index contributed by atoms with van der Waals surface area (Å²) in [6, 6.07) is 9.67. The van der Waals surface area contributed by atoms with Crippen LogP contribution in [0.15, 0.2) is 41.3 Å². The van der Waals surface area contributed by atoms with Crippen LogP contribution in [0.3, 0.4) is 0 Å². The largest absolute Gasteiger partial charge is 0.497 e. The van der Waals surface area contributed by atoms with Crippen molar-refractivity contribution in [3.05, 3.63) is 41.4 Å². The summed E-state index contributed by atoms with van der Waals surface area (Å²) >= 11 is 7.51. The molecule has 0 radical (unpaired) electrons. The predicted molar refractivity (Wildman–Crippen MR) is 124 cm³/mol. The van der Waals surface area contributed by atoms with Crippen molar-refractivity contribution in [2.24, 2.45) is 5.92 Å². The number of nitrogens with zero attached hydrogens (tertiary/aromatic N) is 2. The number of ether oxygens (including phenoxy) is 2. The van der Waals surface area contributed by atoms with Crippen molar-refractivity contribution in [3.63, 3.8) is 0 Å². The van der Waals surface area contributed by atoms with Gasteiger partial charge in [-0.1, -0.05) is 22.9 Å². The van der Waals surface area contributed by atoms with E-state index in [1.165, 1.54) is 34.9 Å². The fourth-order valence-electron chi connectivity index (χ4n) is 3.65. The third-order valence-electron chi connectivity index (χ3n) is 5.36. The van der Waals surface area contributed by atoms with Crippen molar-refractivity contribution < 1.29 is 22.7 Å². The number of nitrogens with one attached hydrogen (secondary N) is 1. The maximum atomic E-state index is 13.1. The number of hydrogen-bond donors (Lipinski definition) is 1. The predicted octanol–water partition coefficient (Wildman–Crippen LogP) is 4.01. The summed E-state index contributed by atoms with van der Waals surface area (Å²) in [7, 11) is -0.648. The first kappa shape index (κ1) is 22.8. The van der Waals surface area contributed by atoms with Crippen molar-refractivity contribution in [3.8, 4) is 11.5 Å². The molecule has 0 spiro atoms. The number of thiazole rings is 1. The van der Waals surface area contributed by atoms with Crippen LogP contribution in [0.2, 0.25) is 5.02 Å². The molecule has 3 aromatic rings. The number of sulfonamides is 1. The minimum atomic E-state index is -3.71. The molecular weight excluding hydrogens is 474 g/mol. The number of aromatic nitrogens is 1. The maximum Gasteiger partial charge on any atom is 0.243 e. The number of carbonyl (C=O) groups excluding carboxylic acids is 1. The lowest BCUT2D eigenvalue weighted by Crippen LogP contribution is -2.43. The summed E-state index contributed by atoms with van der Waals surface area (Å²) in [5, 5.41) is 3.74. The summed E-state index contributed by atoms with van der Waals surface area (Å²) in [6.45, 7) is 0.473. The topological polar surface area (TPSA) is 97.8 Å². The Labute approximate surface area is 195 Å². The number of halogens is 1. The van der Waals surface area contributed by atoms with Crippen molar-refractivity contribution >= 4 is 54.2 Å². The van der Waals surface area contributed by atoms with Crippen molar-refractivity contribution in [1.29, 1.82) is 0 Å². The lowest BCUT2D eigenvalue weighted by Gasteiger charge is -2.31. The van der Waals surface area contributed by atoms with Crippen LogP contribution in [0.4, 0.5) is 5.13 Å². The van der Waals surface area contributed by atoms with Crippen LogP contribution in [-0.4, -0.2) is 50.9 Å². The fraction of sp³-hybridized carbons (Fsp3) is 0.333. The van der Waals surface area contributed by atoms with E-state index in [0.29, 0.717) is 51.3 Å². The van der Waals surface area contributed by atoms with Crippen molar-refractivity contribution in [2.45, 2.75) is 17.7 Å². The first-order valence-corrected chi connectivity index (χ1v) is 12.5. The highest BCUT2D eigenvalue weighted by Gasteiger charge is 2.33. The molecule has 1 fully saturated rings. The van der Waals surface area contributed by atoms with Gasteiger partial charge < -0.3 is 14.8 Å². The number of benzene rings is 2. The molecule has 11 heteroatoms. The third kappa shape index (κ3) is 4.40. The monoisotopic (exact) mass is 495 g/mol. The van der Waals surface area contributed by atoms with Crippen LogP contribution in [0, 0.1) is 5.92 Å². The standard InChI is InChI=1S/C21H22ClN3O5S2/c1-29-14-5-7-15(8-6-14)32(27,28)25-11-3-4-13(12-25)20(26)24-21-23-18-17(30-2)10-9-16(22)19(18)31-21/h5-10,13H,3-4,11-12H2,1-2H3,(H,23,24,26). The third-order valence-corrected chi connectivity index (χ3v) is 8.67. The molecule has 1 aromatic heterocycles. The Balaban J connectivity index is 1.50. The van der Waals surface area contributed by atoms with Crippen LogP contribution < -0.4 is 14.8 Å². The molecule has 0 aliphatic carbocycles. The summed E-state index contributed by atoms with van der Waals surface area (Å²) in [5.41, 5.74) is 0.577. The van der Waals surface area contributed by atoms with Gasteiger partial charge in [0.2, 0.25) is 15.9 Å². The van der Waals surface area contributed by atoms with E-state index < -0.39 is 15.9 Å². The van der Waals surface area contributed by atoms with Gasteiger partial charge in [-0.25, -0.2) is 13.4 Å². The number of rotatable bonds is 6. The zero-order valence-electron chi connectivity index (χ0n) is 17.5. The Morgan fingerprint density at radius 2 is 1.94 bits per heavy atom. The van der Waals surface area contributed by atoms with E-state index in [2.05, 4.69) is 10.3 Å². The van der Waals surface area contributed by atoms with E-state index in [-0.39, 0.29) is 17.3 Å². The van der Waals surface area contributed by atoms with Crippen LogP contribution >= 0.6 is 22.9 Å². The molecule has 0 bridgehead atoms. The van der Waals surface area contributed by atoms with Gasteiger partial charge in [0.25, 0.3) is 0 Å². The number of hydrogen-bond acceptors (Lipinski definition) is 7. The molecule has 170 valence electrons. The minimum Gasteiger partial charge on any atom is -0.497 e. The van der Waals surface area contributed by atoms with Gasteiger partial charge >= 0.3 is 0 Å². The zero-order valence-corrected chi connectivity index (χ0v) is 19.9. The Kier molecular flexibility index (Phi) is 6.57. The Bertz CT molecular complexity index is 1240. The Morgan fingerprint density at radius 3 is 2.62 bits per heavy atom. The molecule has 1 amide bonds.